The number of ether oxygens (including phenoxy) is 1. The molecule has 1 fully saturated rings. The van der Waals surface area contributed by atoms with E-state index in [-0.39, 0.29) is 0 Å². The van der Waals surface area contributed by atoms with E-state index < -0.39 is 0 Å². The van der Waals surface area contributed by atoms with Crippen molar-refractivity contribution in [1.29, 1.82) is 0 Å². The Balaban J connectivity index is 1.82. The molecule has 0 aromatic heterocycles. The fraction of sp³-hybridized carbons (Fsp3) is 0.571. The molecule has 0 aliphatic carbocycles. The zero-order valence-corrected chi connectivity index (χ0v) is 10.3. The van der Waals surface area contributed by atoms with Gasteiger partial charge in [0.25, 0.3) is 0 Å². The highest BCUT2D eigenvalue weighted by Crippen LogP contribution is 2.14. The minimum atomic E-state index is 0.713. The van der Waals surface area contributed by atoms with Crippen LogP contribution in [0.15, 0.2) is 18.2 Å². The van der Waals surface area contributed by atoms with E-state index in [1.165, 1.54) is 23.1 Å². The Labute approximate surface area is 98.0 Å². The van der Waals surface area contributed by atoms with Crippen LogP contribution < -0.4 is 5.32 Å². The van der Waals surface area contributed by atoms with Gasteiger partial charge in [-0.25, -0.2) is 0 Å². The minimum Gasteiger partial charge on any atom is -0.381 e. The second-order valence-electron chi connectivity index (χ2n) is 4.72. The predicted molar refractivity (Wildman–Crippen MR) is 66.5 cm³/mol. The van der Waals surface area contributed by atoms with Crippen molar-refractivity contribution in [3.05, 3.63) is 34.9 Å². The van der Waals surface area contributed by atoms with Crippen molar-refractivity contribution < 1.29 is 4.74 Å². The van der Waals surface area contributed by atoms with Crippen LogP contribution in [0.25, 0.3) is 0 Å². The topological polar surface area (TPSA) is 21.3 Å². The highest BCUT2D eigenvalue weighted by Gasteiger charge is 2.14. The third kappa shape index (κ3) is 2.83. The normalized spacial score (nSPS) is 20.2. The quantitative estimate of drug-likeness (QED) is 0.839. The summed E-state index contributed by atoms with van der Waals surface area (Å²) in [4.78, 5) is 0. The third-order valence-electron chi connectivity index (χ3n) is 3.49. The highest BCUT2D eigenvalue weighted by molar-refractivity contribution is 5.32. The fourth-order valence-corrected chi connectivity index (χ4v) is 2.16. The van der Waals surface area contributed by atoms with Crippen molar-refractivity contribution >= 4 is 0 Å². The molecule has 0 bridgehead atoms. The molecule has 0 radical (unpaired) electrons. The summed E-state index contributed by atoms with van der Waals surface area (Å²) >= 11 is 0. The molecule has 88 valence electrons. The van der Waals surface area contributed by atoms with Gasteiger partial charge in [-0.1, -0.05) is 18.2 Å². The number of aryl methyl sites for hydroxylation is 1. The first-order valence-electron chi connectivity index (χ1n) is 6.11. The second-order valence-corrected chi connectivity index (χ2v) is 4.72. The van der Waals surface area contributed by atoms with Crippen LogP contribution in [0.3, 0.4) is 0 Å². The molecule has 16 heavy (non-hydrogen) atoms. The van der Waals surface area contributed by atoms with E-state index >= 15 is 0 Å². The van der Waals surface area contributed by atoms with Crippen LogP contribution in [0.5, 0.6) is 0 Å². The Bertz CT molecular complexity index is 343. The minimum absolute atomic E-state index is 0.713. The third-order valence-corrected chi connectivity index (χ3v) is 3.49. The largest absolute Gasteiger partial charge is 0.381 e. The lowest BCUT2D eigenvalue weighted by Gasteiger charge is -2.12. The summed E-state index contributed by atoms with van der Waals surface area (Å²) in [5.41, 5.74) is 4.21. The van der Waals surface area contributed by atoms with Crippen LogP contribution >= 0.6 is 0 Å². The molecule has 1 atom stereocenters. The first-order chi connectivity index (χ1) is 7.77. The Morgan fingerprint density at radius 1 is 1.38 bits per heavy atom. The van der Waals surface area contributed by atoms with Crippen molar-refractivity contribution in [1.82, 2.24) is 5.32 Å². The summed E-state index contributed by atoms with van der Waals surface area (Å²) in [6.45, 7) is 8.29. The molecule has 1 saturated heterocycles. The van der Waals surface area contributed by atoms with E-state index in [1.54, 1.807) is 0 Å². The fourth-order valence-electron chi connectivity index (χ4n) is 2.16. The molecule has 1 aromatic rings. The Morgan fingerprint density at radius 2 is 2.25 bits per heavy atom. The molecule has 1 aliphatic heterocycles. The second kappa shape index (κ2) is 5.46. The van der Waals surface area contributed by atoms with E-state index in [9.17, 15) is 0 Å². The number of rotatable bonds is 4. The van der Waals surface area contributed by atoms with Gasteiger partial charge in [0.1, 0.15) is 0 Å². The Kier molecular flexibility index (Phi) is 3.97. The van der Waals surface area contributed by atoms with E-state index in [0.29, 0.717) is 5.92 Å². The molecule has 2 heteroatoms. The van der Waals surface area contributed by atoms with Crippen LogP contribution in [0.2, 0.25) is 0 Å². The summed E-state index contributed by atoms with van der Waals surface area (Å²) in [5, 5.41) is 3.53. The molecular formula is C14H21NO. The molecule has 1 aliphatic rings. The standard InChI is InChI=1S/C14H21NO/c1-11-4-3-5-14(12(11)2)9-15-8-13-6-7-16-10-13/h3-5,13,15H,6-10H2,1-2H3. The smallest absolute Gasteiger partial charge is 0.0507 e. The Morgan fingerprint density at radius 3 is 3.00 bits per heavy atom. The van der Waals surface area contributed by atoms with Gasteiger partial charge in [0.15, 0.2) is 0 Å². The molecule has 2 rings (SSSR count). The lowest BCUT2D eigenvalue weighted by atomic mass is 10.0. The Hall–Kier alpha value is -0.860. The summed E-state index contributed by atoms with van der Waals surface area (Å²) in [5.74, 6) is 0.713. The summed E-state index contributed by atoms with van der Waals surface area (Å²) in [6, 6.07) is 6.52. The van der Waals surface area contributed by atoms with Gasteiger partial charge in [-0.2, -0.15) is 0 Å². The van der Waals surface area contributed by atoms with Gasteiger partial charge in [0, 0.05) is 19.7 Å². The number of hydrogen-bond acceptors (Lipinski definition) is 2. The molecule has 0 amide bonds. The summed E-state index contributed by atoms with van der Waals surface area (Å²) in [6.07, 6.45) is 1.21. The molecule has 1 unspecified atom stereocenters. The van der Waals surface area contributed by atoms with Crippen molar-refractivity contribution in [2.45, 2.75) is 26.8 Å². The predicted octanol–water partition coefficient (Wildman–Crippen LogP) is 2.43. The molecule has 2 nitrogen and oxygen atoms in total. The van der Waals surface area contributed by atoms with Gasteiger partial charge < -0.3 is 10.1 Å². The maximum absolute atomic E-state index is 5.36. The molecule has 0 spiro atoms. The average molecular weight is 219 g/mol. The van der Waals surface area contributed by atoms with Crippen molar-refractivity contribution in [2.24, 2.45) is 5.92 Å². The van der Waals surface area contributed by atoms with E-state index in [2.05, 4.69) is 37.4 Å². The number of hydrogen-bond donors (Lipinski definition) is 1. The van der Waals surface area contributed by atoms with Crippen molar-refractivity contribution in [2.75, 3.05) is 19.8 Å². The van der Waals surface area contributed by atoms with Crippen molar-refractivity contribution in [3.63, 3.8) is 0 Å². The van der Waals surface area contributed by atoms with Gasteiger partial charge >= 0.3 is 0 Å². The van der Waals surface area contributed by atoms with Gasteiger partial charge in [-0.15, -0.1) is 0 Å². The molecular weight excluding hydrogens is 198 g/mol. The summed E-state index contributed by atoms with van der Waals surface area (Å²) < 4.78 is 5.36. The van der Waals surface area contributed by atoms with E-state index in [0.717, 1.165) is 26.3 Å². The summed E-state index contributed by atoms with van der Waals surface area (Å²) in [7, 11) is 0. The first kappa shape index (κ1) is 11.6. The van der Waals surface area contributed by atoms with E-state index in [4.69, 9.17) is 4.74 Å². The SMILES string of the molecule is Cc1cccc(CNCC2CCOC2)c1C. The zero-order chi connectivity index (χ0) is 11.4. The number of nitrogens with one attached hydrogen (secondary N) is 1. The molecule has 1 heterocycles. The highest BCUT2D eigenvalue weighted by atomic mass is 16.5. The van der Waals surface area contributed by atoms with Crippen LogP contribution in [0, 0.1) is 19.8 Å². The lowest BCUT2D eigenvalue weighted by molar-refractivity contribution is 0.185. The zero-order valence-electron chi connectivity index (χ0n) is 10.3. The maximum Gasteiger partial charge on any atom is 0.0507 e. The number of benzene rings is 1. The average Bonchev–Trinajstić information content (AvgIpc) is 2.77. The van der Waals surface area contributed by atoms with Crippen LogP contribution in [0.4, 0.5) is 0 Å². The molecule has 0 saturated carbocycles. The maximum atomic E-state index is 5.36. The molecule has 1 aromatic carbocycles. The monoisotopic (exact) mass is 219 g/mol. The van der Waals surface area contributed by atoms with Gasteiger partial charge in [0.05, 0.1) is 6.61 Å². The molecule has 1 N–H and O–H groups in total. The van der Waals surface area contributed by atoms with Crippen LogP contribution in [-0.2, 0) is 11.3 Å². The van der Waals surface area contributed by atoms with Crippen LogP contribution in [0.1, 0.15) is 23.1 Å². The van der Waals surface area contributed by atoms with Gasteiger partial charge in [-0.05, 0) is 42.9 Å². The van der Waals surface area contributed by atoms with Gasteiger partial charge in [0.2, 0.25) is 0 Å². The van der Waals surface area contributed by atoms with Crippen molar-refractivity contribution in [3.8, 4) is 0 Å². The van der Waals surface area contributed by atoms with Crippen LogP contribution in [-0.4, -0.2) is 19.8 Å². The first-order valence-corrected chi connectivity index (χ1v) is 6.11. The lowest BCUT2D eigenvalue weighted by Crippen LogP contribution is -2.23. The van der Waals surface area contributed by atoms with Gasteiger partial charge in [-0.3, -0.25) is 0 Å². The van der Waals surface area contributed by atoms with E-state index in [1.807, 2.05) is 0 Å².